The molecule has 2 aliphatic heterocycles. The van der Waals surface area contributed by atoms with Crippen molar-refractivity contribution in [2.45, 2.75) is 53.2 Å². The standard InChI is InChI=1S/C27H43N7O4/c1-19(35)29-26-30-22-14-21(38-13-7-8-24(36)31-23-15-28-11-12-32(23)5)10-9-20(22)16-34(26)17-25(37)33(6)18-27(2,3)4/h9-10,14,23,28H,7-8,11-13,15-18H2,1-6H3,(H,31,36)(H,29,30,35). The van der Waals surface area contributed by atoms with Gasteiger partial charge in [-0.25, -0.2) is 4.99 Å². The molecule has 11 heteroatoms. The lowest BCUT2D eigenvalue weighted by Crippen LogP contribution is -2.57. The van der Waals surface area contributed by atoms with Gasteiger partial charge in [0.15, 0.2) is 0 Å². The number of amides is 3. The molecule has 1 fully saturated rings. The number of ether oxygens (including phenoxy) is 1. The van der Waals surface area contributed by atoms with Crippen LogP contribution in [0.3, 0.4) is 0 Å². The summed E-state index contributed by atoms with van der Waals surface area (Å²) in [5, 5.41) is 9.09. The molecule has 2 aliphatic rings. The Morgan fingerprint density at radius 1 is 1.26 bits per heavy atom. The minimum absolute atomic E-state index is 0.00641. The Kier molecular flexibility index (Phi) is 10.1. The van der Waals surface area contributed by atoms with Gasteiger partial charge in [0.05, 0.1) is 18.5 Å². The molecule has 38 heavy (non-hydrogen) atoms. The molecule has 2 heterocycles. The number of hydrogen-bond donors (Lipinski definition) is 3. The first kappa shape index (κ1) is 29.4. The van der Waals surface area contributed by atoms with Crippen LogP contribution in [0.2, 0.25) is 0 Å². The first-order valence-electron chi connectivity index (χ1n) is 13.2. The van der Waals surface area contributed by atoms with Crippen molar-refractivity contribution in [3.8, 4) is 5.75 Å². The zero-order chi connectivity index (χ0) is 27.9. The number of benzene rings is 1. The zero-order valence-corrected chi connectivity index (χ0v) is 23.6. The molecule has 0 saturated carbocycles. The fraction of sp³-hybridized carbons (Fsp3) is 0.630. The summed E-state index contributed by atoms with van der Waals surface area (Å²) in [6, 6.07) is 5.62. The third-order valence-electron chi connectivity index (χ3n) is 6.35. The molecule has 0 spiro atoms. The highest BCUT2D eigenvalue weighted by Gasteiger charge is 2.26. The van der Waals surface area contributed by atoms with E-state index in [9.17, 15) is 14.4 Å². The second-order valence-electron chi connectivity index (χ2n) is 11.3. The lowest BCUT2D eigenvalue weighted by atomic mass is 9.96. The number of fused-ring (bicyclic) bond motifs is 1. The Bertz CT molecular complexity index is 1040. The summed E-state index contributed by atoms with van der Waals surface area (Å²) >= 11 is 0. The van der Waals surface area contributed by atoms with E-state index in [0.29, 0.717) is 49.9 Å². The summed E-state index contributed by atoms with van der Waals surface area (Å²) in [4.78, 5) is 47.3. The van der Waals surface area contributed by atoms with Crippen LogP contribution in [-0.4, -0.2) is 98.0 Å². The Morgan fingerprint density at radius 2 is 2.03 bits per heavy atom. The summed E-state index contributed by atoms with van der Waals surface area (Å²) in [5.41, 5.74) is 1.60. The van der Waals surface area contributed by atoms with Gasteiger partial charge in [0.1, 0.15) is 12.3 Å². The van der Waals surface area contributed by atoms with Crippen LogP contribution < -0.4 is 20.7 Å². The molecule has 3 rings (SSSR count). The summed E-state index contributed by atoms with van der Waals surface area (Å²) in [5.74, 6) is 0.691. The molecule has 0 aliphatic carbocycles. The quantitative estimate of drug-likeness (QED) is 0.412. The molecule has 1 aromatic carbocycles. The van der Waals surface area contributed by atoms with Crippen molar-refractivity contribution in [3.05, 3.63) is 23.8 Å². The molecule has 1 saturated heterocycles. The highest BCUT2D eigenvalue weighted by molar-refractivity contribution is 5.99. The molecular formula is C27H43N7O4. The topological polar surface area (TPSA) is 119 Å². The van der Waals surface area contributed by atoms with Gasteiger partial charge < -0.3 is 25.2 Å². The van der Waals surface area contributed by atoms with E-state index in [2.05, 4.69) is 46.6 Å². The number of likely N-dealkylation sites (N-methyl/N-ethyl adjacent to an activating group) is 2. The summed E-state index contributed by atoms with van der Waals surface area (Å²) in [6.07, 6.45) is 0.986. The Morgan fingerprint density at radius 3 is 2.71 bits per heavy atom. The number of carbonyl (C=O) groups excluding carboxylic acids is 3. The predicted octanol–water partition coefficient (Wildman–Crippen LogP) is 1.27. The molecule has 3 N–H and O–H groups in total. The van der Waals surface area contributed by atoms with Crippen LogP contribution in [0.25, 0.3) is 0 Å². The fourth-order valence-corrected chi connectivity index (χ4v) is 4.46. The van der Waals surface area contributed by atoms with Crippen molar-refractivity contribution in [2.24, 2.45) is 10.4 Å². The third kappa shape index (κ3) is 8.98. The van der Waals surface area contributed by atoms with Crippen LogP contribution in [0.15, 0.2) is 23.2 Å². The molecule has 210 valence electrons. The van der Waals surface area contributed by atoms with Crippen LogP contribution in [-0.2, 0) is 20.9 Å². The Balaban J connectivity index is 1.56. The normalized spacial score (nSPS) is 17.8. The van der Waals surface area contributed by atoms with Gasteiger partial charge >= 0.3 is 0 Å². The zero-order valence-electron chi connectivity index (χ0n) is 23.6. The van der Waals surface area contributed by atoms with E-state index in [-0.39, 0.29) is 35.8 Å². The summed E-state index contributed by atoms with van der Waals surface area (Å²) < 4.78 is 5.89. The van der Waals surface area contributed by atoms with Gasteiger partial charge in [-0.3, -0.25) is 24.6 Å². The van der Waals surface area contributed by atoms with E-state index in [1.54, 1.807) is 16.8 Å². The van der Waals surface area contributed by atoms with Crippen LogP contribution in [0.4, 0.5) is 5.69 Å². The van der Waals surface area contributed by atoms with E-state index < -0.39 is 0 Å². The molecule has 3 amide bonds. The molecule has 0 bridgehead atoms. The van der Waals surface area contributed by atoms with Crippen molar-refractivity contribution in [1.29, 1.82) is 0 Å². The predicted molar refractivity (Wildman–Crippen MR) is 147 cm³/mol. The molecule has 1 atom stereocenters. The summed E-state index contributed by atoms with van der Waals surface area (Å²) in [6.45, 7) is 11.8. The lowest BCUT2D eigenvalue weighted by Gasteiger charge is -2.33. The smallest absolute Gasteiger partial charge is 0.241 e. The molecule has 11 nitrogen and oxygen atoms in total. The molecule has 0 aromatic heterocycles. The van der Waals surface area contributed by atoms with E-state index >= 15 is 0 Å². The minimum atomic E-state index is -0.256. The van der Waals surface area contributed by atoms with Crippen LogP contribution in [0, 0.1) is 5.41 Å². The van der Waals surface area contributed by atoms with Gasteiger partial charge in [-0.15, -0.1) is 0 Å². The first-order chi connectivity index (χ1) is 17.9. The number of carbonyl (C=O) groups is 3. The van der Waals surface area contributed by atoms with Crippen LogP contribution in [0.5, 0.6) is 5.75 Å². The minimum Gasteiger partial charge on any atom is -0.494 e. The number of piperazine rings is 1. The molecule has 1 unspecified atom stereocenters. The van der Waals surface area contributed by atoms with Crippen molar-refractivity contribution >= 4 is 29.4 Å². The van der Waals surface area contributed by atoms with Crippen molar-refractivity contribution < 1.29 is 19.1 Å². The first-order valence-corrected chi connectivity index (χ1v) is 13.2. The maximum Gasteiger partial charge on any atom is 0.241 e. The van der Waals surface area contributed by atoms with Gasteiger partial charge in [-0.1, -0.05) is 26.8 Å². The fourth-order valence-electron chi connectivity index (χ4n) is 4.46. The van der Waals surface area contributed by atoms with Crippen LogP contribution >= 0.6 is 0 Å². The Hall–Kier alpha value is -3.18. The van der Waals surface area contributed by atoms with Gasteiger partial charge in [0.25, 0.3) is 0 Å². The SMILES string of the molecule is CC(=O)NC1=Nc2cc(OCCCC(=O)NC3CNCCN3C)ccc2CN1CC(=O)N(C)CC(C)(C)C. The summed E-state index contributed by atoms with van der Waals surface area (Å²) in [7, 11) is 3.80. The molecular weight excluding hydrogens is 486 g/mol. The molecule has 1 aromatic rings. The van der Waals surface area contributed by atoms with Gasteiger partial charge in [0, 0.05) is 59.2 Å². The second kappa shape index (κ2) is 13.1. The average molecular weight is 530 g/mol. The van der Waals surface area contributed by atoms with Crippen molar-refractivity contribution in [1.82, 2.24) is 30.7 Å². The lowest BCUT2D eigenvalue weighted by molar-refractivity contribution is -0.131. The monoisotopic (exact) mass is 529 g/mol. The number of nitrogens with zero attached hydrogens (tertiary/aromatic N) is 4. The van der Waals surface area contributed by atoms with E-state index in [4.69, 9.17) is 4.74 Å². The number of aliphatic imine (C=N–C) groups is 1. The maximum absolute atomic E-state index is 12.9. The number of nitrogens with one attached hydrogen (secondary N) is 3. The highest BCUT2D eigenvalue weighted by atomic mass is 16.5. The van der Waals surface area contributed by atoms with Crippen LogP contribution in [0.1, 0.15) is 46.1 Å². The van der Waals surface area contributed by atoms with Crippen molar-refractivity contribution in [2.75, 3.05) is 53.4 Å². The maximum atomic E-state index is 12.9. The van der Waals surface area contributed by atoms with Gasteiger partial charge in [-0.05, 0) is 30.5 Å². The van der Waals surface area contributed by atoms with E-state index in [1.165, 1.54) is 6.92 Å². The Labute approximate surface area is 226 Å². The van der Waals surface area contributed by atoms with E-state index in [1.807, 2.05) is 25.2 Å². The second-order valence-corrected chi connectivity index (χ2v) is 11.3. The van der Waals surface area contributed by atoms with Gasteiger partial charge in [-0.2, -0.15) is 0 Å². The average Bonchev–Trinajstić information content (AvgIpc) is 2.82. The molecule has 0 radical (unpaired) electrons. The van der Waals surface area contributed by atoms with Crippen molar-refractivity contribution in [3.63, 3.8) is 0 Å². The third-order valence-corrected chi connectivity index (χ3v) is 6.35. The number of rotatable bonds is 9. The van der Waals surface area contributed by atoms with Gasteiger partial charge in [0.2, 0.25) is 23.7 Å². The number of guanidine groups is 1. The largest absolute Gasteiger partial charge is 0.494 e. The highest BCUT2D eigenvalue weighted by Crippen LogP contribution is 2.30. The number of hydrogen-bond acceptors (Lipinski definition) is 8. The van der Waals surface area contributed by atoms with E-state index in [0.717, 1.165) is 25.2 Å².